The van der Waals surface area contributed by atoms with Crippen LogP contribution in [0.5, 0.6) is 0 Å². The van der Waals surface area contributed by atoms with Crippen molar-refractivity contribution in [2.45, 2.75) is 39.5 Å². The summed E-state index contributed by atoms with van der Waals surface area (Å²) in [5.41, 5.74) is 2.37. The summed E-state index contributed by atoms with van der Waals surface area (Å²) in [6.45, 7) is 4.23. The Hall–Kier alpha value is -1.94. The number of hydrogen-bond donors (Lipinski definition) is 0. The molecule has 0 fully saturated rings. The van der Waals surface area contributed by atoms with Gasteiger partial charge in [0.15, 0.2) is 5.82 Å². The smallest absolute Gasteiger partial charge is 0.342 e. The second-order valence-corrected chi connectivity index (χ2v) is 5.63. The van der Waals surface area contributed by atoms with Gasteiger partial charge in [0.05, 0.1) is 6.61 Å². The maximum absolute atomic E-state index is 11.7. The molecule has 0 radical (unpaired) electrons. The van der Waals surface area contributed by atoms with E-state index in [1.807, 2.05) is 12.1 Å². The molecule has 23 heavy (non-hydrogen) atoms. The standard InChI is InChI=1S/C18H21ClN2O2/c1-3-5-6-7-13-8-10-14(11-9-13)17-20-12-15(16(19)21-17)18(22)23-4-2/h8-12H,3-7H2,1-2H3. The van der Waals surface area contributed by atoms with E-state index in [2.05, 4.69) is 29.0 Å². The van der Waals surface area contributed by atoms with Gasteiger partial charge < -0.3 is 4.74 Å². The lowest BCUT2D eigenvalue weighted by Crippen LogP contribution is -2.07. The first-order valence-corrected chi connectivity index (χ1v) is 8.32. The number of ether oxygens (including phenoxy) is 1. The maximum Gasteiger partial charge on any atom is 0.342 e. The summed E-state index contributed by atoms with van der Waals surface area (Å²) in [5.74, 6) is -0.00141. The molecule has 0 saturated heterocycles. The Morgan fingerprint density at radius 1 is 1.17 bits per heavy atom. The molecule has 0 spiro atoms. The predicted octanol–water partition coefficient (Wildman–Crippen LogP) is 4.71. The van der Waals surface area contributed by atoms with Gasteiger partial charge in [-0.3, -0.25) is 0 Å². The third-order valence-electron chi connectivity index (χ3n) is 3.52. The molecule has 0 bridgehead atoms. The van der Waals surface area contributed by atoms with Crippen molar-refractivity contribution < 1.29 is 9.53 Å². The van der Waals surface area contributed by atoms with Crippen LogP contribution in [0.15, 0.2) is 30.5 Å². The van der Waals surface area contributed by atoms with Gasteiger partial charge in [-0.1, -0.05) is 55.6 Å². The van der Waals surface area contributed by atoms with Gasteiger partial charge in [0.1, 0.15) is 10.7 Å². The number of unbranched alkanes of at least 4 members (excludes halogenated alkanes) is 2. The molecule has 0 N–H and O–H groups in total. The molecule has 122 valence electrons. The van der Waals surface area contributed by atoms with Crippen LogP contribution in [-0.2, 0) is 11.2 Å². The number of halogens is 1. The van der Waals surface area contributed by atoms with Gasteiger partial charge in [-0.2, -0.15) is 0 Å². The molecule has 0 saturated carbocycles. The first-order valence-electron chi connectivity index (χ1n) is 7.94. The largest absolute Gasteiger partial charge is 0.462 e. The fourth-order valence-corrected chi connectivity index (χ4v) is 2.45. The minimum absolute atomic E-state index is 0.112. The van der Waals surface area contributed by atoms with Crippen molar-refractivity contribution in [1.29, 1.82) is 0 Å². The second kappa shape index (κ2) is 8.63. The Balaban J connectivity index is 2.12. The van der Waals surface area contributed by atoms with Crippen molar-refractivity contribution in [2.75, 3.05) is 6.61 Å². The Morgan fingerprint density at radius 2 is 1.91 bits per heavy atom. The molecular weight excluding hydrogens is 312 g/mol. The monoisotopic (exact) mass is 332 g/mol. The van der Waals surface area contributed by atoms with Gasteiger partial charge in [-0.25, -0.2) is 14.8 Å². The van der Waals surface area contributed by atoms with E-state index in [9.17, 15) is 4.79 Å². The number of nitrogens with zero attached hydrogens (tertiary/aromatic N) is 2. The van der Waals surface area contributed by atoms with E-state index < -0.39 is 5.97 Å². The van der Waals surface area contributed by atoms with E-state index >= 15 is 0 Å². The van der Waals surface area contributed by atoms with E-state index in [-0.39, 0.29) is 17.3 Å². The summed E-state index contributed by atoms with van der Waals surface area (Å²) in [7, 11) is 0. The molecular formula is C18H21ClN2O2. The lowest BCUT2D eigenvalue weighted by molar-refractivity contribution is 0.0525. The molecule has 0 aliphatic rings. The maximum atomic E-state index is 11.7. The fourth-order valence-electron chi connectivity index (χ4n) is 2.25. The summed E-state index contributed by atoms with van der Waals surface area (Å²) in [6.07, 6.45) is 6.16. The first-order chi connectivity index (χ1) is 11.2. The molecule has 0 unspecified atom stereocenters. The predicted molar refractivity (Wildman–Crippen MR) is 91.7 cm³/mol. The highest BCUT2D eigenvalue weighted by Crippen LogP contribution is 2.21. The molecule has 0 atom stereocenters. The van der Waals surface area contributed by atoms with Crippen LogP contribution in [-0.4, -0.2) is 22.5 Å². The van der Waals surface area contributed by atoms with Crippen LogP contribution >= 0.6 is 11.6 Å². The normalized spacial score (nSPS) is 10.6. The Labute approximate surface area is 141 Å². The number of hydrogen-bond acceptors (Lipinski definition) is 4. The lowest BCUT2D eigenvalue weighted by Gasteiger charge is -2.06. The molecule has 1 aromatic carbocycles. The zero-order chi connectivity index (χ0) is 16.7. The van der Waals surface area contributed by atoms with Crippen molar-refractivity contribution >= 4 is 17.6 Å². The Morgan fingerprint density at radius 3 is 2.52 bits per heavy atom. The van der Waals surface area contributed by atoms with Crippen LogP contribution in [0.3, 0.4) is 0 Å². The zero-order valence-electron chi connectivity index (χ0n) is 13.5. The SMILES string of the molecule is CCCCCc1ccc(-c2ncc(C(=O)OCC)c(Cl)n2)cc1. The molecule has 4 nitrogen and oxygen atoms in total. The summed E-state index contributed by atoms with van der Waals surface area (Å²) >= 11 is 6.07. The number of benzene rings is 1. The summed E-state index contributed by atoms with van der Waals surface area (Å²) < 4.78 is 4.91. The van der Waals surface area contributed by atoms with Gasteiger partial charge in [0.2, 0.25) is 0 Å². The molecule has 2 rings (SSSR count). The average Bonchev–Trinajstić information content (AvgIpc) is 2.56. The quantitative estimate of drug-likeness (QED) is 0.418. The summed E-state index contributed by atoms with van der Waals surface area (Å²) in [4.78, 5) is 20.1. The first kappa shape index (κ1) is 17.4. The van der Waals surface area contributed by atoms with Crippen molar-refractivity contribution in [3.05, 3.63) is 46.7 Å². The molecule has 0 aliphatic carbocycles. The highest BCUT2D eigenvalue weighted by molar-refractivity contribution is 6.32. The van der Waals surface area contributed by atoms with Crippen LogP contribution in [0.4, 0.5) is 0 Å². The zero-order valence-corrected chi connectivity index (χ0v) is 14.3. The van der Waals surface area contributed by atoms with E-state index in [4.69, 9.17) is 16.3 Å². The topological polar surface area (TPSA) is 52.1 Å². The highest BCUT2D eigenvalue weighted by atomic mass is 35.5. The number of carbonyl (C=O) groups is 1. The van der Waals surface area contributed by atoms with Crippen molar-refractivity contribution in [3.63, 3.8) is 0 Å². The van der Waals surface area contributed by atoms with Crippen molar-refractivity contribution in [1.82, 2.24) is 9.97 Å². The number of esters is 1. The minimum atomic E-state index is -0.504. The Bertz CT molecular complexity index is 657. The van der Waals surface area contributed by atoms with E-state index in [1.54, 1.807) is 6.92 Å². The van der Waals surface area contributed by atoms with E-state index in [0.29, 0.717) is 5.82 Å². The molecule has 5 heteroatoms. The van der Waals surface area contributed by atoms with Gasteiger partial charge >= 0.3 is 5.97 Å². The molecule has 1 heterocycles. The van der Waals surface area contributed by atoms with Crippen LogP contribution in [0, 0.1) is 0 Å². The summed E-state index contributed by atoms with van der Waals surface area (Å²) in [6, 6.07) is 8.14. The van der Waals surface area contributed by atoms with Crippen molar-refractivity contribution in [2.24, 2.45) is 0 Å². The third kappa shape index (κ3) is 4.76. The summed E-state index contributed by atoms with van der Waals surface area (Å²) in [5, 5.41) is 0.112. The lowest BCUT2D eigenvalue weighted by atomic mass is 10.1. The highest BCUT2D eigenvalue weighted by Gasteiger charge is 2.14. The number of aromatic nitrogens is 2. The average molecular weight is 333 g/mol. The Kier molecular flexibility index (Phi) is 6.53. The van der Waals surface area contributed by atoms with Crippen LogP contribution < -0.4 is 0 Å². The number of rotatable bonds is 7. The van der Waals surface area contributed by atoms with Gasteiger partial charge in [-0.15, -0.1) is 0 Å². The minimum Gasteiger partial charge on any atom is -0.462 e. The fraction of sp³-hybridized carbons (Fsp3) is 0.389. The van der Waals surface area contributed by atoms with E-state index in [1.165, 1.54) is 31.0 Å². The number of aryl methyl sites for hydroxylation is 1. The molecule has 0 aliphatic heterocycles. The number of carbonyl (C=O) groups excluding carboxylic acids is 1. The van der Waals surface area contributed by atoms with Crippen molar-refractivity contribution in [3.8, 4) is 11.4 Å². The van der Waals surface area contributed by atoms with Gasteiger partial charge in [-0.05, 0) is 25.3 Å². The van der Waals surface area contributed by atoms with Crippen LogP contribution in [0.1, 0.15) is 49.0 Å². The van der Waals surface area contributed by atoms with Crippen LogP contribution in [0.2, 0.25) is 5.15 Å². The third-order valence-corrected chi connectivity index (χ3v) is 3.81. The van der Waals surface area contributed by atoms with Gasteiger partial charge in [0.25, 0.3) is 0 Å². The molecule has 1 aromatic heterocycles. The van der Waals surface area contributed by atoms with E-state index in [0.717, 1.165) is 12.0 Å². The van der Waals surface area contributed by atoms with Gasteiger partial charge in [0, 0.05) is 11.8 Å². The molecule has 2 aromatic rings. The second-order valence-electron chi connectivity index (χ2n) is 5.27. The van der Waals surface area contributed by atoms with Crippen LogP contribution in [0.25, 0.3) is 11.4 Å². The molecule has 0 amide bonds.